The fourth-order valence-electron chi connectivity index (χ4n) is 1.35. The molecule has 1 nitrogen and oxygen atoms in total. The van der Waals surface area contributed by atoms with Crippen LogP contribution in [0, 0.1) is 5.92 Å². The van der Waals surface area contributed by atoms with Crippen molar-refractivity contribution in [1.82, 2.24) is 5.32 Å². The predicted molar refractivity (Wildman–Crippen MR) is 36.2 cm³/mol. The predicted octanol–water partition coefficient (Wildman–Crippen LogP) is 1.34. The summed E-state index contributed by atoms with van der Waals surface area (Å²) < 4.78 is 12.7. The molecular weight excluding hydrogens is 117 g/mol. The Kier molecular flexibility index (Phi) is 2.46. The lowest BCUT2D eigenvalue weighted by Gasteiger charge is -2.07. The molecular formula is C7H14FN. The maximum Gasteiger partial charge on any atom is 0.116 e. The normalized spacial score (nSPS) is 35.3. The summed E-state index contributed by atoms with van der Waals surface area (Å²) in [5.41, 5.74) is 0. The van der Waals surface area contributed by atoms with Crippen LogP contribution in [0.15, 0.2) is 0 Å². The van der Waals surface area contributed by atoms with Crippen molar-refractivity contribution >= 4 is 0 Å². The number of nitrogens with one attached hydrogen (secondary N) is 1. The second-order valence-electron chi connectivity index (χ2n) is 2.72. The SMILES string of the molecule is CCCC1CNCC1F. The van der Waals surface area contributed by atoms with Gasteiger partial charge >= 0.3 is 0 Å². The maximum atomic E-state index is 12.7. The first kappa shape index (κ1) is 7.00. The first-order valence-corrected chi connectivity index (χ1v) is 3.69. The number of hydrogen-bond acceptors (Lipinski definition) is 1. The fourth-order valence-corrected chi connectivity index (χ4v) is 1.35. The molecule has 0 bridgehead atoms. The highest BCUT2D eigenvalue weighted by Crippen LogP contribution is 2.17. The van der Waals surface area contributed by atoms with Gasteiger partial charge in [0.2, 0.25) is 0 Å². The molecule has 0 spiro atoms. The van der Waals surface area contributed by atoms with E-state index in [1.165, 1.54) is 0 Å². The average Bonchev–Trinajstić information content (AvgIpc) is 2.18. The molecule has 2 atom stereocenters. The summed E-state index contributed by atoms with van der Waals surface area (Å²) in [6, 6.07) is 0. The van der Waals surface area contributed by atoms with Crippen molar-refractivity contribution < 1.29 is 4.39 Å². The Morgan fingerprint density at radius 2 is 2.33 bits per heavy atom. The number of hydrogen-bond donors (Lipinski definition) is 1. The summed E-state index contributed by atoms with van der Waals surface area (Å²) in [6.45, 7) is 3.56. The number of halogens is 1. The first-order chi connectivity index (χ1) is 4.34. The summed E-state index contributed by atoms with van der Waals surface area (Å²) in [7, 11) is 0. The molecule has 0 aromatic rings. The van der Waals surface area contributed by atoms with E-state index < -0.39 is 6.17 Å². The summed E-state index contributed by atoms with van der Waals surface area (Å²) in [5.74, 6) is 0.301. The zero-order valence-electron chi connectivity index (χ0n) is 5.86. The molecule has 1 saturated heterocycles. The van der Waals surface area contributed by atoms with Gasteiger partial charge in [0.15, 0.2) is 0 Å². The van der Waals surface area contributed by atoms with Gasteiger partial charge in [0, 0.05) is 19.0 Å². The van der Waals surface area contributed by atoms with Crippen LogP contribution in [0.5, 0.6) is 0 Å². The minimum Gasteiger partial charge on any atom is -0.313 e. The van der Waals surface area contributed by atoms with Gasteiger partial charge in [-0.05, 0) is 6.42 Å². The van der Waals surface area contributed by atoms with Crippen LogP contribution in [0.4, 0.5) is 4.39 Å². The third kappa shape index (κ3) is 1.65. The zero-order chi connectivity index (χ0) is 6.69. The maximum absolute atomic E-state index is 12.7. The van der Waals surface area contributed by atoms with E-state index in [1.54, 1.807) is 0 Å². The van der Waals surface area contributed by atoms with Crippen LogP contribution >= 0.6 is 0 Å². The molecule has 2 unspecified atom stereocenters. The third-order valence-electron chi connectivity index (χ3n) is 1.92. The molecule has 1 aliphatic heterocycles. The molecule has 0 aromatic heterocycles. The number of alkyl halides is 1. The smallest absolute Gasteiger partial charge is 0.116 e. The summed E-state index contributed by atoms with van der Waals surface area (Å²) >= 11 is 0. The van der Waals surface area contributed by atoms with Gasteiger partial charge in [0.1, 0.15) is 6.17 Å². The van der Waals surface area contributed by atoms with Crippen LogP contribution in [0.2, 0.25) is 0 Å². The van der Waals surface area contributed by atoms with Crippen molar-refractivity contribution in [2.45, 2.75) is 25.9 Å². The Balaban J connectivity index is 2.22. The Labute approximate surface area is 55.6 Å². The van der Waals surface area contributed by atoms with Gasteiger partial charge in [-0.2, -0.15) is 0 Å². The second kappa shape index (κ2) is 3.16. The lowest BCUT2D eigenvalue weighted by Crippen LogP contribution is -2.11. The van der Waals surface area contributed by atoms with Crippen LogP contribution in [-0.2, 0) is 0 Å². The molecule has 1 fully saturated rings. The minimum absolute atomic E-state index is 0.301. The van der Waals surface area contributed by atoms with Crippen molar-refractivity contribution in [3.63, 3.8) is 0 Å². The number of rotatable bonds is 2. The summed E-state index contributed by atoms with van der Waals surface area (Å²) in [4.78, 5) is 0. The minimum atomic E-state index is -0.579. The molecule has 0 saturated carbocycles. The highest BCUT2D eigenvalue weighted by molar-refractivity contribution is 4.79. The average molecular weight is 131 g/mol. The van der Waals surface area contributed by atoms with E-state index in [4.69, 9.17) is 0 Å². The van der Waals surface area contributed by atoms with Crippen molar-refractivity contribution in [3.05, 3.63) is 0 Å². The molecule has 9 heavy (non-hydrogen) atoms. The Morgan fingerprint density at radius 3 is 2.78 bits per heavy atom. The second-order valence-corrected chi connectivity index (χ2v) is 2.72. The quantitative estimate of drug-likeness (QED) is 0.596. The zero-order valence-corrected chi connectivity index (χ0v) is 5.86. The van der Waals surface area contributed by atoms with E-state index in [2.05, 4.69) is 12.2 Å². The molecule has 54 valence electrons. The van der Waals surface area contributed by atoms with Crippen LogP contribution in [0.3, 0.4) is 0 Å². The van der Waals surface area contributed by atoms with Gasteiger partial charge in [0.25, 0.3) is 0 Å². The lowest BCUT2D eigenvalue weighted by atomic mass is 10.0. The molecule has 0 amide bonds. The first-order valence-electron chi connectivity index (χ1n) is 3.69. The van der Waals surface area contributed by atoms with Gasteiger partial charge in [-0.15, -0.1) is 0 Å². The van der Waals surface area contributed by atoms with E-state index in [9.17, 15) is 4.39 Å². The molecule has 1 heterocycles. The monoisotopic (exact) mass is 131 g/mol. The van der Waals surface area contributed by atoms with Crippen molar-refractivity contribution in [1.29, 1.82) is 0 Å². The van der Waals surface area contributed by atoms with Crippen LogP contribution < -0.4 is 5.32 Å². The van der Waals surface area contributed by atoms with E-state index >= 15 is 0 Å². The molecule has 2 heteroatoms. The van der Waals surface area contributed by atoms with E-state index in [0.29, 0.717) is 12.5 Å². The van der Waals surface area contributed by atoms with Gasteiger partial charge < -0.3 is 5.32 Å². The van der Waals surface area contributed by atoms with Crippen molar-refractivity contribution in [2.24, 2.45) is 5.92 Å². The molecule has 0 aliphatic carbocycles. The summed E-state index contributed by atoms with van der Waals surface area (Å²) in [5, 5.41) is 3.03. The Bertz CT molecular complexity index is 85.0. The van der Waals surface area contributed by atoms with E-state index in [1.807, 2.05) is 0 Å². The topological polar surface area (TPSA) is 12.0 Å². The van der Waals surface area contributed by atoms with E-state index in [0.717, 1.165) is 19.4 Å². The van der Waals surface area contributed by atoms with E-state index in [-0.39, 0.29) is 0 Å². The molecule has 0 radical (unpaired) electrons. The Morgan fingerprint density at radius 1 is 1.56 bits per heavy atom. The van der Waals surface area contributed by atoms with Gasteiger partial charge in [-0.1, -0.05) is 13.3 Å². The fraction of sp³-hybridized carbons (Fsp3) is 1.00. The largest absolute Gasteiger partial charge is 0.313 e. The van der Waals surface area contributed by atoms with Crippen LogP contribution in [0.1, 0.15) is 19.8 Å². The third-order valence-corrected chi connectivity index (χ3v) is 1.92. The molecule has 1 rings (SSSR count). The van der Waals surface area contributed by atoms with Crippen molar-refractivity contribution in [3.8, 4) is 0 Å². The standard InChI is InChI=1S/C7H14FN/c1-2-3-6-4-9-5-7(6)8/h6-7,9H,2-5H2,1H3. The van der Waals surface area contributed by atoms with Gasteiger partial charge in [-0.3, -0.25) is 0 Å². The molecule has 0 aromatic carbocycles. The Hall–Kier alpha value is -0.110. The van der Waals surface area contributed by atoms with Crippen LogP contribution in [-0.4, -0.2) is 19.3 Å². The summed E-state index contributed by atoms with van der Waals surface area (Å²) in [6.07, 6.45) is 1.56. The van der Waals surface area contributed by atoms with Crippen LogP contribution in [0.25, 0.3) is 0 Å². The lowest BCUT2D eigenvalue weighted by molar-refractivity contribution is 0.271. The highest BCUT2D eigenvalue weighted by Gasteiger charge is 2.24. The van der Waals surface area contributed by atoms with Gasteiger partial charge in [0.05, 0.1) is 0 Å². The highest BCUT2D eigenvalue weighted by atomic mass is 19.1. The van der Waals surface area contributed by atoms with Crippen molar-refractivity contribution in [2.75, 3.05) is 13.1 Å². The molecule has 1 aliphatic rings. The van der Waals surface area contributed by atoms with Gasteiger partial charge in [-0.25, -0.2) is 4.39 Å². The molecule has 1 N–H and O–H groups in total.